The summed E-state index contributed by atoms with van der Waals surface area (Å²) < 4.78 is 5.55. The van der Waals surface area contributed by atoms with Crippen LogP contribution in [-0.2, 0) is 11.2 Å². The van der Waals surface area contributed by atoms with Gasteiger partial charge in [0.15, 0.2) is 0 Å². The van der Waals surface area contributed by atoms with Crippen LogP contribution in [0.25, 0.3) is 0 Å². The lowest BCUT2D eigenvalue weighted by molar-refractivity contribution is -0.140. The van der Waals surface area contributed by atoms with Crippen LogP contribution < -0.4 is 4.74 Å². The van der Waals surface area contributed by atoms with Crippen LogP contribution in [-0.4, -0.2) is 12.9 Å². The molecule has 2 aliphatic carbocycles. The monoisotopic (exact) mass is 312 g/mol. The van der Waals surface area contributed by atoms with Crippen molar-refractivity contribution in [3.8, 4) is 5.75 Å². The first kappa shape index (κ1) is 16.3. The Morgan fingerprint density at radius 2 is 2.00 bits per heavy atom. The molecule has 0 aromatic heterocycles. The number of carbonyl (C=O) groups excluding carboxylic acids is 1. The molecule has 1 aromatic rings. The summed E-state index contributed by atoms with van der Waals surface area (Å²) in [4.78, 5) is 12.7. The first-order chi connectivity index (χ1) is 10.9. The molecule has 23 heavy (non-hydrogen) atoms. The summed E-state index contributed by atoms with van der Waals surface area (Å²) in [6, 6.07) is 8.25. The number of allylic oxidation sites excluding steroid dienone is 1. The van der Waals surface area contributed by atoms with Crippen molar-refractivity contribution in [2.24, 2.45) is 16.7 Å². The van der Waals surface area contributed by atoms with E-state index in [2.05, 4.69) is 32.6 Å². The van der Waals surface area contributed by atoms with Gasteiger partial charge in [-0.15, -0.1) is 0 Å². The molecule has 0 bridgehead atoms. The Hall–Kier alpha value is -1.57. The van der Waals surface area contributed by atoms with Crippen LogP contribution in [0.3, 0.4) is 0 Å². The summed E-state index contributed by atoms with van der Waals surface area (Å²) in [7, 11) is 1.73. The number of carbonyl (C=O) groups is 1. The van der Waals surface area contributed by atoms with Crippen molar-refractivity contribution in [1.29, 1.82) is 0 Å². The first-order valence-corrected chi connectivity index (χ1v) is 8.75. The number of ketones is 1. The number of para-hydroxylation sites is 1. The molecule has 3 atom stereocenters. The second-order valence-electron chi connectivity index (χ2n) is 7.80. The van der Waals surface area contributed by atoms with Gasteiger partial charge in [0.2, 0.25) is 0 Å². The Morgan fingerprint density at radius 3 is 2.74 bits per heavy atom. The van der Waals surface area contributed by atoms with Gasteiger partial charge in [-0.3, -0.25) is 4.79 Å². The highest BCUT2D eigenvalue weighted by atomic mass is 16.5. The van der Waals surface area contributed by atoms with E-state index in [1.807, 2.05) is 12.1 Å². The fraction of sp³-hybridized carbons (Fsp3) is 0.571. The van der Waals surface area contributed by atoms with Gasteiger partial charge in [0.05, 0.1) is 7.11 Å². The molecule has 2 fully saturated rings. The topological polar surface area (TPSA) is 26.3 Å². The Bertz CT molecular complexity index is 632. The molecule has 0 aliphatic heterocycles. The number of methoxy groups -OCH3 is 1. The summed E-state index contributed by atoms with van der Waals surface area (Å²) in [5.41, 5.74) is 2.33. The molecule has 0 radical (unpaired) electrons. The summed E-state index contributed by atoms with van der Waals surface area (Å²) in [5.74, 6) is 1.80. The molecule has 2 nitrogen and oxygen atoms in total. The Kier molecular flexibility index (Phi) is 4.12. The molecular weight excluding hydrogens is 284 g/mol. The van der Waals surface area contributed by atoms with Gasteiger partial charge in [-0.1, -0.05) is 44.2 Å². The van der Waals surface area contributed by atoms with Gasteiger partial charge < -0.3 is 4.74 Å². The maximum atomic E-state index is 12.7. The van der Waals surface area contributed by atoms with E-state index in [0.717, 1.165) is 44.3 Å². The van der Waals surface area contributed by atoms with Crippen LogP contribution in [0.15, 0.2) is 36.4 Å². The fourth-order valence-corrected chi connectivity index (χ4v) is 5.04. The van der Waals surface area contributed by atoms with E-state index in [-0.39, 0.29) is 10.8 Å². The maximum Gasteiger partial charge on any atom is 0.139 e. The van der Waals surface area contributed by atoms with Crippen molar-refractivity contribution in [2.45, 2.75) is 52.4 Å². The number of fused-ring (bicyclic) bond motifs is 1. The third-order valence-electron chi connectivity index (χ3n) is 6.58. The van der Waals surface area contributed by atoms with Crippen LogP contribution >= 0.6 is 0 Å². The van der Waals surface area contributed by atoms with Crippen molar-refractivity contribution >= 4 is 5.78 Å². The third kappa shape index (κ3) is 2.52. The Morgan fingerprint density at radius 1 is 1.26 bits per heavy atom. The highest BCUT2D eigenvalue weighted by Gasteiger charge is 2.54. The van der Waals surface area contributed by atoms with Crippen LogP contribution in [0.5, 0.6) is 5.75 Å². The lowest BCUT2D eigenvalue weighted by Crippen LogP contribution is -2.51. The molecule has 0 unspecified atom stereocenters. The molecule has 3 rings (SSSR count). The lowest BCUT2D eigenvalue weighted by Gasteiger charge is -2.55. The van der Waals surface area contributed by atoms with Gasteiger partial charge in [0.1, 0.15) is 11.5 Å². The van der Waals surface area contributed by atoms with Gasteiger partial charge >= 0.3 is 0 Å². The zero-order chi connectivity index (χ0) is 16.7. The Balaban J connectivity index is 2.00. The summed E-state index contributed by atoms with van der Waals surface area (Å²) >= 11 is 0. The second kappa shape index (κ2) is 5.81. The second-order valence-corrected chi connectivity index (χ2v) is 7.80. The molecule has 2 aliphatic rings. The third-order valence-corrected chi connectivity index (χ3v) is 6.58. The van der Waals surface area contributed by atoms with E-state index in [9.17, 15) is 4.79 Å². The largest absolute Gasteiger partial charge is 0.496 e. The van der Waals surface area contributed by atoms with Crippen LogP contribution in [0.4, 0.5) is 0 Å². The average molecular weight is 312 g/mol. The van der Waals surface area contributed by atoms with Crippen LogP contribution in [0, 0.1) is 16.7 Å². The maximum absolute atomic E-state index is 12.7. The quantitative estimate of drug-likeness (QED) is 0.737. The summed E-state index contributed by atoms with van der Waals surface area (Å²) in [6.07, 6.45) is 5.75. The molecule has 0 saturated heterocycles. The minimum atomic E-state index is -0.170. The smallest absolute Gasteiger partial charge is 0.139 e. The molecular formula is C21H28O2. The normalized spacial score (nSPS) is 34.1. The van der Waals surface area contributed by atoms with E-state index in [1.165, 1.54) is 11.1 Å². The number of rotatable bonds is 3. The number of hydrogen-bond acceptors (Lipinski definition) is 2. The predicted molar refractivity (Wildman–Crippen MR) is 93.6 cm³/mol. The molecule has 0 spiro atoms. The van der Waals surface area contributed by atoms with Crippen molar-refractivity contribution in [1.82, 2.24) is 0 Å². The summed E-state index contributed by atoms with van der Waals surface area (Å²) in [5, 5.41) is 0. The molecule has 0 heterocycles. The van der Waals surface area contributed by atoms with Gasteiger partial charge in [-0.2, -0.15) is 0 Å². The van der Waals surface area contributed by atoms with Gasteiger partial charge in [0.25, 0.3) is 0 Å². The molecule has 0 N–H and O–H groups in total. The Labute approximate surface area is 139 Å². The minimum absolute atomic E-state index is 0.0300. The molecule has 124 valence electrons. The van der Waals surface area contributed by atoms with E-state index >= 15 is 0 Å². The van der Waals surface area contributed by atoms with Crippen molar-refractivity contribution < 1.29 is 9.53 Å². The van der Waals surface area contributed by atoms with E-state index < -0.39 is 0 Å². The zero-order valence-corrected chi connectivity index (χ0v) is 14.7. The average Bonchev–Trinajstić information content (AvgIpc) is 2.54. The van der Waals surface area contributed by atoms with Gasteiger partial charge in [-0.25, -0.2) is 0 Å². The standard InChI is InChI=1S/C21H28O2/c1-15-12-13-20(2)18(10-7-11-19(20)22)21(15,3)14-16-8-5-6-9-17(16)23-4/h5-6,8-9,18H,1,7,10-14H2,2-4H3/t18-,20+,21-/m1/s1. The number of hydrogen-bond donors (Lipinski definition) is 0. The van der Waals surface area contributed by atoms with E-state index in [0.29, 0.717) is 11.7 Å². The summed E-state index contributed by atoms with van der Waals surface area (Å²) in [6.45, 7) is 8.94. The van der Waals surface area contributed by atoms with E-state index in [4.69, 9.17) is 4.74 Å². The fourth-order valence-electron chi connectivity index (χ4n) is 5.04. The highest BCUT2D eigenvalue weighted by Crippen LogP contribution is 2.59. The van der Waals surface area contributed by atoms with Gasteiger partial charge in [-0.05, 0) is 55.1 Å². The van der Waals surface area contributed by atoms with Gasteiger partial charge in [0, 0.05) is 11.8 Å². The predicted octanol–water partition coefficient (Wildman–Crippen LogP) is 4.97. The van der Waals surface area contributed by atoms with Crippen molar-refractivity contribution in [3.63, 3.8) is 0 Å². The van der Waals surface area contributed by atoms with E-state index in [1.54, 1.807) is 7.11 Å². The van der Waals surface area contributed by atoms with Crippen molar-refractivity contribution in [3.05, 3.63) is 42.0 Å². The van der Waals surface area contributed by atoms with Crippen LogP contribution in [0.2, 0.25) is 0 Å². The zero-order valence-electron chi connectivity index (χ0n) is 14.7. The van der Waals surface area contributed by atoms with Crippen molar-refractivity contribution in [2.75, 3.05) is 7.11 Å². The molecule has 0 amide bonds. The SMILES string of the molecule is C=C1CC[C@]2(C)C(=O)CCC[C@H]2[C@]1(C)Cc1ccccc1OC. The highest BCUT2D eigenvalue weighted by molar-refractivity contribution is 5.86. The minimum Gasteiger partial charge on any atom is -0.496 e. The number of ether oxygens (including phenoxy) is 1. The number of benzene rings is 1. The van der Waals surface area contributed by atoms with Crippen LogP contribution in [0.1, 0.15) is 51.5 Å². The number of Topliss-reactive ketones (excluding diaryl/α,β-unsaturated/α-hetero) is 1. The molecule has 2 heteroatoms. The first-order valence-electron chi connectivity index (χ1n) is 8.75. The molecule has 1 aromatic carbocycles. The lowest BCUT2D eigenvalue weighted by atomic mass is 9.48. The molecule has 2 saturated carbocycles.